The van der Waals surface area contributed by atoms with Crippen molar-refractivity contribution >= 4 is 39.5 Å². The Hall–Kier alpha value is -3.24. The lowest BCUT2D eigenvalue weighted by Crippen LogP contribution is -2.30. The normalized spacial score (nSPS) is 14.1. The molecule has 2 unspecified atom stereocenters. The van der Waals surface area contributed by atoms with Crippen molar-refractivity contribution in [3.63, 3.8) is 0 Å². The summed E-state index contributed by atoms with van der Waals surface area (Å²) in [7, 11) is -9.96. The van der Waals surface area contributed by atoms with E-state index >= 15 is 0 Å². The Labute approximate surface area is 622 Å². The molecule has 0 radical (unpaired) electrons. The van der Waals surface area contributed by atoms with Crippen LogP contribution in [0.3, 0.4) is 0 Å². The third-order valence-corrected chi connectivity index (χ3v) is 19.9. The predicted molar refractivity (Wildman–Crippen MR) is 418 cm³/mol. The van der Waals surface area contributed by atoms with Crippen LogP contribution < -0.4 is 0 Å². The highest BCUT2D eigenvalue weighted by molar-refractivity contribution is 7.47. The molecule has 0 aromatic rings. The first kappa shape index (κ1) is 98.8. The van der Waals surface area contributed by atoms with Crippen LogP contribution in [0.5, 0.6) is 0 Å². The van der Waals surface area contributed by atoms with Crippen LogP contribution in [0.1, 0.15) is 387 Å². The molecular formula is C83H152O17P2. The molecule has 0 aromatic heterocycles. The Morgan fingerprint density at radius 1 is 0.275 bits per heavy atom. The van der Waals surface area contributed by atoms with Gasteiger partial charge in [-0.1, -0.05) is 332 Å². The van der Waals surface area contributed by atoms with Gasteiger partial charge in [-0.2, -0.15) is 0 Å². The van der Waals surface area contributed by atoms with E-state index in [1.807, 2.05) is 12.2 Å². The highest BCUT2D eigenvalue weighted by atomic mass is 31.2. The van der Waals surface area contributed by atoms with E-state index in [4.69, 9.17) is 37.0 Å². The summed E-state index contributed by atoms with van der Waals surface area (Å²) < 4.78 is 68.7. The predicted octanol–water partition coefficient (Wildman–Crippen LogP) is 24.2. The van der Waals surface area contributed by atoms with Crippen LogP contribution in [0, 0.1) is 0 Å². The molecule has 0 fully saturated rings. The summed E-state index contributed by atoms with van der Waals surface area (Å²) >= 11 is 0. The Bertz CT molecular complexity index is 2170. The monoisotopic (exact) mass is 1480 g/mol. The van der Waals surface area contributed by atoms with E-state index in [1.54, 1.807) is 0 Å². The van der Waals surface area contributed by atoms with Crippen molar-refractivity contribution in [3.8, 4) is 0 Å². The fourth-order valence-electron chi connectivity index (χ4n) is 11.6. The fraction of sp³-hybridized carbons (Fsp3) is 0.831. The van der Waals surface area contributed by atoms with Gasteiger partial charge in [0.15, 0.2) is 12.2 Å². The fourth-order valence-corrected chi connectivity index (χ4v) is 13.2. The van der Waals surface area contributed by atoms with E-state index in [9.17, 15) is 43.2 Å². The quantitative estimate of drug-likeness (QED) is 0.0169. The van der Waals surface area contributed by atoms with Gasteiger partial charge >= 0.3 is 39.5 Å². The molecule has 0 saturated carbocycles. The molecule has 596 valence electrons. The van der Waals surface area contributed by atoms with Crippen LogP contribution in [0.25, 0.3) is 0 Å². The SMILES string of the molecule is CCCCC/C=C\C/C=C\C/C=C\C/C=C\CCCC(=O)OC[C@H](COP(=O)(O)OC[C@H](O)COP(=O)(O)OC[C@@H](COC(=O)CCCCCCCCCCCCCCCCC)OC(=O)CCCCCCC/C=C\CCCCCCCC)OC(=O)CCCCCCCCCCCCCCCCC. The van der Waals surface area contributed by atoms with Crippen molar-refractivity contribution in [3.05, 3.63) is 60.8 Å². The smallest absolute Gasteiger partial charge is 0.462 e. The maximum atomic E-state index is 13.1. The van der Waals surface area contributed by atoms with Gasteiger partial charge in [0.2, 0.25) is 0 Å². The molecule has 0 heterocycles. The number of rotatable bonds is 79. The number of ether oxygens (including phenoxy) is 4. The van der Waals surface area contributed by atoms with Gasteiger partial charge in [0.25, 0.3) is 0 Å². The summed E-state index contributed by atoms with van der Waals surface area (Å²) in [4.78, 5) is 73.1. The zero-order valence-corrected chi connectivity index (χ0v) is 67.1. The number of unbranched alkanes of at least 4 members (excludes halogenated alkanes) is 43. The average molecular weight is 1480 g/mol. The summed E-state index contributed by atoms with van der Waals surface area (Å²) in [5.41, 5.74) is 0. The largest absolute Gasteiger partial charge is 0.472 e. The Morgan fingerprint density at radius 3 is 0.804 bits per heavy atom. The number of phosphoric acid groups is 2. The zero-order chi connectivity index (χ0) is 74.6. The summed E-state index contributed by atoms with van der Waals surface area (Å²) in [6.45, 7) is 4.87. The molecule has 19 heteroatoms. The molecule has 0 aliphatic rings. The lowest BCUT2D eigenvalue weighted by atomic mass is 10.0. The molecule has 3 N–H and O–H groups in total. The van der Waals surface area contributed by atoms with E-state index in [0.29, 0.717) is 32.1 Å². The second kappa shape index (κ2) is 76.0. The van der Waals surface area contributed by atoms with Gasteiger partial charge in [-0.15, -0.1) is 0 Å². The van der Waals surface area contributed by atoms with Crippen molar-refractivity contribution in [1.82, 2.24) is 0 Å². The van der Waals surface area contributed by atoms with E-state index in [2.05, 4.69) is 76.3 Å². The highest BCUT2D eigenvalue weighted by Crippen LogP contribution is 2.45. The molecule has 0 saturated heterocycles. The minimum Gasteiger partial charge on any atom is -0.462 e. The topological polar surface area (TPSA) is 237 Å². The van der Waals surface area contributed by atoms with Crippen molar-refractivity contribution in [2.75, 3.05) is 39.6 Å². The lowest BCUT2D eigenvalue weighted by molar-refractivity contribution is -0.161. The van der Waals surface area contributed by atoms with Gasteiger partial charge < -0.3 is 33.8 Å². The second-order valence-corrected chi connectivity index (χ2v) is 31.0. The number of carbonyl (C=O) groups excluding carboxylic acids is 4. The summed E-state index contributed by atoms with van der Waals surface area (Å²) in [5, 5.41) is 10.6. The first-order valence-electron chi connectivity index (χ1n) is 41.5. The number of carbonyl (C=O) groups is 4. The lowest BCUT2D eigenvalue weighted by Gasteiger charge is -2.21. The van der Waals surface area contributed by atoms with Crippen LogP contribution in [0.4, 0.5) is 0 Å². The number of esters is 4. The number of hydrogen-bond acceptors (Lipinski definition) is 15. The molecule has 0 spiro atoms. The summed E-state index contributed by atoms with van der Waals surface area (Å²) in [5.74, 6) is -2.21. The van der Waals surface area contributed by atoms with E-state index in [0.717, 1.165) is 109 Å². The molecule has 17 nitrogen and oxygen atoms in total. The molecule has 5 atom stereocenters. The maximum absolute atomic E-state index is 13.1. The number of allylic oxidation sites excluding steroid dienone is 10. The Kier molecular flexibility index (Phi) is 73.6. The van der Waals surface area contributed by atoms with E-state index < -0.39 is 97.5 Å². The van der Waals surface area contributed by atoms with Crippen molar-refractivity contribution in [2.24, 2.45) is 0 Å². The molecule has 0 amide bonds. The molecule has 0 aromatic carbocycles. The molecule has 0 aliphatic heterocycles. The Balaban J connectivity index is 5.37. The molecule has 0 rings (SSSR count). The minimum atomic E-state index is -4.98. The van der Waals surface area contributed by atoms with Crippen molar-refractivity contribution in [1.29, 1.82) is 0 Å². The first-order valence-corrected chi connectivity index (χ1v) is 44.5. The Morgan fingerprint density at radius 2 is 0.490 bits per heavy atom. The van der Waals surface area contributed by atoms with Gasteiger partial charge in [-0.25, -0.2) is 9.13 Å². The standard InChI is InChI=1S/C83H152O17P2/c1-5-9-13-17-21-25-29-33-37-38-42-44-48-52-56-60-64-68-81(86)94-74-79(100-83(88)70-66-62-58-54-50-46-41-36-32-28-24-20-16-12-8-4)76-98-102(91,92)96-72-77(84)71-95-101(89,90)97-75-78(99-82(87)69-65-61-57-53-49-45-40-35-31-27-23-19-15-11-7-3)73-93-80(85)67-63-59-55-51-47-43-39-34-30-26-22-18-14-10-6-2/h21,25,33,35,37,40,42,44,52,56,77-79,84H,5-20,22-24,26-32,34,36,38-39,41,43,45-51,53-55,57-76H2,1-4H3,(H,89,90)(H,91,92)/b25-21-,37-33-,40-35-,44-42-,56-52-/t77-,78-,79-/m1/s1. The van der Waals surface area contributed by atoms with Crippen LogP contribution in [0.2, 0.25) is 0 Å². The molecule has 102 heavy (non-hydrogen) atoms. The summed E-state index contributed by atoms with van der Waals surface area (Å²) in [6, 6.07) is 0. The number of hydrogen-bond donors (Lipinski definition) is 3. The molecule has 0 bridgehead atoms. The van der Waals surface area contributed by atoms with Crippen LogP contribution >= 0.6 is 15.6 Å². The van der Waals surface area contributed by atoms with Gasteiger partial charge in [0.1, 0.15) is 19.3 Å². The molecule has 0 aliphatic carbocycles. The van der Waals surface area contributed by atoms with Gasteiger partial charge in [-0.05, 0) is 89.9 Å². The number of aliphatic hydroxyl groups excluding tert-OH is 1. The van der Waals surface area contributed by atoms with Crippen LogP contribution in [-0.2, 0) is 65.4 Å². The number of aliphatic hydroxyl groups is 1. The van der Waals surface area contributed by atoms with Gasteiger partial charge in [-0.3, -0.25) is 37.3 Å². The van der Waals surface area contributed by atoms with Crippen LogP contribution in [0.15, 0.2) is 60.8 Å². The second-order valence-electron chi connectivity index (χ2n) is 28.1. The van der Waals surface area contributed by atoms with Gasteiger partial charge in [0, 0.05) is 25.7 Å². The molecular weight excluding hydrogens is 1330 g/mol. The van der Waals surface area contributed by atoms with E-state index in [1.165, 1.54) is 193 Å². The minimum absolute atomic E-state index is 0.0900. The maximum Gasteiger partial charge on any atom is 0.472 e. The average Bonchev–Trinajstić information content (AvgIpc) is 0.923. The third kappa shape index (κ3) is 75.0. The highest BCUT2D eigenvalue weighted by Gasteiger charge is 2.30. The van der Waals surface area contributed by atoms with Crippen molar-refractivity contribution in [2.45, 2.75) is 406 Å². The van der Waals surface area contributed by atoms with Gasteiger partial charge in [0.05, 0.1) is 26.4 Å². The van der Waals surface area contributed by atoms with E-state index in [-0.39, 0.29) is 25.7 Å². The zero-order valence-electron chi connectivity index (χ0n) is 65.3. The first-order chi connectivity index (χ1) is 49.7. The third-order valence-electron chi connectivity index (χ3n) is 18.0. The van der Waals surface area contributed by atoms with Crippen molar-refractivity contribution < 1.29 is 80.2 Å². The van der Waals surface area contributed by atoms with Crippen LogP contribution in [-0.4, -0.2) is 96.7 Å². The summed E-state index contributed by atoms with van der Waals surface area (Å²) in [6.07, 6.45) is 76.2. The number of phosphoric ester groups is 2.